The number of carbonyl (C=O) groups is 1. The molecule has 0 aromatic heterocycles. The highest BCUT2D eigenvalue weighted by Gasteiger charge is 2.41. The number of hydrogen-bond acceptors (Lipinski definition) is 10. The maximum atomic E-state index is 12.4. The van der Waals surface area contributed by atoms with Gasteiger partial charge in [-0.3, -0.25) is 4.99 Å². The van der Waals surface area contributed by atoms with Gasteiger partial charge in [0.25, 0.3) is 0 Å². The number of fused-ring (bicyclic) bond motifs is 17. The lowest BCUT2D eigenvalue weighted by Crippen LogP contribution is -2.36. The van der Waals surface area contributed by atoms with Gasteiger partial charge in [0.2, 0.25) is 0 Å². The Morgan fingerprint density at radius 2 is 0.543 bits per heavy atom. The predicted molar refractivity (Wildman–Crippen MR) is 580 cm³/mol. The molecular formula is C128H95B2NO9. The molecule has 23 aromatic carbocycles. The largest absolute Gasteiger partial charge is 0.864 e. The minimum Gasteiger partial charge on any atom is -0.507 e. The van der Waals surface area contributed by atoms with Crippen molar-refractivity contribution in [3.05, 3.63) is 520 Å². The standard InChI is InChI=1S/C46H29BO3.C40H26O2.C20H17N.C18H15BO3.C4H8O/c1-4-14-30(15-5-1)39-28-34-26-24-32-18-10-12-22-37(32)41(34)45-43(39)44-40(31-16-6-2-7-17-31)29-35-27-25-33-19-11-13-23-38(33)42(35)46(44)50-47(49-45)48-36-20-8-3-9-21-36;41-39-35-29(21-19-27-15-7-9-17-31(27)35)23-33(25-11-3-1-4-12-25)37(39)38-34(26-13-5-2-6-14-26)24-30-22-20-28-16-8-10-18-32(28)36(30)40(38)42;1-4-10-17(11-5-1)16-21-20(18-12-6-2-7-13-18)19-14-8-3-9-15-19;1-4-10-16(11-5-1)20-19(21-17-12-6-2-7-13-17)22-18-14-8-3-9-15-18;1-3-4(2)5/h1-29H;1-24,41-42H;1-16,20H;1-15H;3H2,1-2H3. The fraction of sp³-hybridized carbons (Fsp3) is 0.0312. The molecule has 0 aliphatic carbocycles. The van der Waals surface area contributed by atoms with Crippen LogP contribution in [-0.2, 0) is 4.79 Å². The number of aromatic hydroxyl groups is 2. The summed E-state index contributed by atoms with van der Waals surface area (Å²) in [6.45, 7) is 3.43. The smallest absolute Gasteiger partial charge is 0.507 e. The van der Waals surface area contributed by atoms with Crippen LogP contribution in [0.3, 0.4) is 0 Å². The fourth-order valence-electron chi connectivity index (χ4n) is 18.3. The molecular weight excluding hydrogens is 1720 g/mol. The van der Waals surface area contributed by atoms with Crippen LogP contribution in [0.25, 0.3) is 153 Å². The summed E-state index contributed by atoms with van der Waals surface area (Å²) < 4.78 is 38.2. The average Bonchev–Trinajstić information content (AvgIpc) is 1.59. The van der Waals surface area contributed by atoms with E-state index in [4.69, 9.17) is 32.9 Å². The number of nitrogens with zero attached hydrogens (tertiary/aromatic N) is 1. The molecule has 0 fully saturated rings. The molecule has 0 radical (unpaired) electrons. The van der Waals surface area contributed by atoms with E-state index in [0.717, 1.165) is 159 Å². The van der Waals surface area contributed by atoms with Crippen LogP contribution in [0.1, 0.15) is 43.0 Å². The van der Waals surface area contributed by atoms with E-state index in [-0.39, 0.29) is 23.3 Å². The third kappa shape index (κ3) is 19.8. The SMILES string of the molecule is C(=NC(c1ccccc1)c1ccccc1)c1ccccc1.CCC(C)=O.Oc1c(-c2c(-c3ccccc3)cc3ccc4ccccc4c3c2O)c(-c2ccccc2)cc2ccc3ccccc3c12.c1ccc(OB(Oc2ccccc2)Oc2ccccc2)cc1.c1ccc(OB2Oc3c(c(-c4ccccc4)cc4ccc5ccccc5c34)-c3c(-c4ccccc4)cc4ccc5ccccc5c4c3O2)cc1. The van der Waals surface area contributed by atoms with Crippen LogP contribution in [0.15, 0.2) is 509 Å². The Hall–Kier alpha value is -18.0. The summed E-state index contributed by atoms with van der Waals surface area (Å²) in [6.07, 6.45) is 2.62. The second-order valence-electron chi connectivity index (χ2n) is 34.1. The monoisotopic (exact) mass is 1810 g/mol. The zero-order valence-corrected chi connectivity index (χ0v) is 77.1. The van der Waals surface area contributed by atoms with Gasteiger partial charge in [-0.25, -0.2) is 0 Å². The van der Waals surface area contributed by atoms with Crippen molar-refractivity contribution >= 4 is 113 Å². The van der Waals surface area contributed by atoms with Gasteiger partial charge >= 0.3 is 14.6 Å². The van der Waals surface area contributed by atoms with Crippen molar-refractivity contribution < 1.29 is 42.9 Å². The molecule has 1 aliphatic rings. The number of benzene rings is 23. The average molecular weight is 1810 g/mol. The van der Waals surface area contributed by atoms with Crippen molar-refractivity contribution in [2.45, 2.75) is 26.3 Å². The van der Waals surface area contributed by atoms with Gasteiger partial charge in [-0.1, -0.05) is 438 Å². The number of ketones is 1. The van der Waals surface area contributed by atoms with Gasteiger partial charge in [-0.2, -0.15) is 0 Å². The van der Waals surface area contributed by atoms with Gasteiger partial charge in [0.1, 0.15) is 51.8 Å². The van der Waals surface area contributed by atoms with Crippen molar-refractivity contribution in [3.8, 4) is 113 Å². The van der Waals surface area contributed by atoms with E-state index in [1.54, 1.807) is 6.92 Å². The van der Waals surface area contributed by atoms with Gasteiger partial charge in [0, 0.05) is 56.4 Å². The van der Waals surface area contributed by atoms with E-state index in [9.17, 15) is 15.0 Å². The second-order valence-corrected chi connectivity index (χ2v) is 34.1. The fourth-order valence-corrected chi connectivity index (χ4v) is 18.3. The Balaban J connectivity index is 0.000000120. The summed E-state index contributed by atoms with van der Waals surface area (Å²) in [5.41, 5.74) is 14.7. The van der Waals surface area contributed by atoms with Gasteiger partial charge in [-0.15, -0.1) is 0 Å². The third-order valence-corrected chi connectivity index (χ3v) is 25.0. The van der Waals surface area contributed by atoms with E-state index >= 15 is 0 Å². The maximum absolute atomic E-state index is 12.4. The van der Waals surface area contributed by atoms with Crippen LogP contribution < -0.4 is 27.9 Å². The molecule has 0 saturated carbocycles. The lowest BCUT2D eigenvalue weighted by atomic mass is 9.83. The van der Waals surface area contributed by atoms with E-state index in [1.165, 1.54) is 11.1 Å². The zero-order chi connectivity index (χ0) is 94.9. The number of Topliss-reactive ketones (excluding diaryl/α,β-unsaturated/α-hetero) is 1. The summed E-state index contributed by atoms with van der Waals surface area (Å²) in [7, 11) is -1.95. The van der Waals surface area contributed by atoms with E-state index in [1.807, 2.05) is 225 Å². The Bertz CT molecular complexity index is 7840. The molecule has 1 aliphatic heterocycles. The minimum atomic E-state index is -1.08. The summed E-state index contributed by atoms with van der Waals surface area (Å²) in [5, 5.41) is 41.0. The molecule has 0 unspecified atom stereocenters. The molecule has 2 N–H and O–H groups in total. The van der Waals surface area contributed by atoms with Crippen LogP contribution in [0.4, 0.5) is 0 Å². The first-order valence-corrected chi connectivity index (χ1v) is 47.0. The van der Waals surface area contributed by atoms with Crippen molar-refractivity contribution in [1.29, 1.82) is 0 Å². The molecule has 0 spiro atoms. The number of rotatable bonds is 18. The number of phenolic OH excluding ortho intramolecular Hbond substituents is 2. The van der Waals surface area contributed by atoms with Crippen molar-refractivity contribution in [1.82, 2.24) is 0 Å². The van der Waals surface area contributed by atoms with Crippen LogP contribution in [0, 0.1) is 0 Å². The molecule has 10 nitrogen and oxygen atoms in total. The molecule has 24 rings (SSSR count). The lowest BCUT2D eigenvalue weighted by Gasteiger charge is -2.22. The molecule has 0 atom stereocenters. The first kappa shape index (κ1) is 89.9. The van der Waals surface area contributed by atoms with Gasteiger partial charge < -0.3 is 42.9 Å². The molecule has 0 bridgehead atoms. The topological polar surface area (TPSA) is 125 Å². The van der Waals surface area contributed by atoms with Gasteiger partial charge in [-0.05, 0) is 206 Å². The summed E-state index contributed by atoms with van der Waals surface area (Å²) in [5.74, 6) is 4.74. The molecule has 23 aromatic rings. The normalized spacial score (nSPS) is 11.3. The number of carbonyl (C=O) groups excluding carboxylic acids is 1. The number of hydrogen-bond donors (Lipinski definition) is 2. The third-order valence-electron chi connectivity index (χ3n) is 25.0. The van der Waals surface area contributed by atoms with Gasteiger partial charge in [0.05, 0.1) is 6.04 Å². The molecule has 672 valence electrons. The van der Waals surface area contributed by atoms with Gasteiger partial charge in [0.15, 0.2) is 0 Å². The minimum absolute atomic E-state index is 0.0348. The molecule has 0 saturated heterocycles. The molecule has 140 heavy (non-hydrogen) atoms. The highest BCUT2D eigenvalue weighted by atomic mass is 16.7. The van der Waals surface area contributed by atoms with Crippen molar-refractivity contribution in [2.75, 3.05) is 0 Å². The Morgan fingerprint density at radius 1 is 0.300 bits per heavy atom. The molecule has 0 amide bonds. The predicted octanol–water partition coefficient (Wildman–Crippen LogP) is 32.9. The number of aliphatic imine (C=N–C) groups is 1. The quantitative estimate of drug-likeness (QED) is 0.0491. The van der Waals surface area contributed by atoms with Crippen molar-refractivity contribution in [2.24, 2.45) is 4.99 Å². The Morgan fingerprint density at radius 3 is 0.850 bits per heavy atom. The lowest BCUT2D eigenvalue weighted by molar-refractivity contribution is -0.116. The van der Waals surface area contributed by atoms with E-state index in [0.29, 0.717) is 40.5 Å². The summed E-state index contributed by atoms with van der Waals surface area (Å²) >= 11 is 0. The summed E-state index contributed by atoms with van der Waals surface area (Å²) in [6, 6.07) is 170. The van der Waals surface area contributed by atoms with Crippen molar-refractivity contribution in [3.63, 3.8) is 0 Å². The summed E-state index contributed by atoms with van der Waals surface area (Å²) in [4.78, 5) is 14.6. The molecule has 12 heteroatoms. The second kappa shape index (κ2) is 42.3. The van der Waals surface area contributed by atoms with Crippen LogP contribution in [0.5, 0.6) is 46.0 Å². The number of phenols is 2. The van der Waals surface area contributed by atoms with E-state index in [2.05, 4.69) is 291 Å². The Kier molecular flexibility index (Phi) is 27.1. The van der Waals surface area contributed by atoms with E-state index < -0.39 is 14.6 Å². The van der Waals surface area contributed by atoms with Crippen LogP contribution >= 0.6 is 0 Å². The van der Waals surface area contributed by atoms with Crippen LogP contribution in [-0.4, -0.2) is 36.9 Å². The highest BCUT2D eigenvalue weighted by molar-refractivity contribution is 6.42. The Labute approximate surface area is 814 Å². The first-order chi connectivity index (χ1) is 69.1. The maximum Gasteiger partial charge on any atom is 0.864 e. The highest BCUT2D eigenvalue weighted by Crippen LogP contribution is 2.58. The molecule has 1 heterocycles. The number of para-hydroxylation sites is 4. The zero-order valence-electron chi connectivity index (χ0n) is 77.1. The first-order valence-electron chi connectivity index (χ1n) is 47.0. The van der Waals surface area contributed by atoms with Crippen LogP contribution in [0.2, 0.25) is 0 Å².